The van der Waals surface area contributed by atoms with Crippen LogP contribution in [0.5, 0.6) is 0 Å². The number of nitrogens with one attached hydrogen (secondary N) is 1. The predicted molar refractivity (Wildman–Crippen MR) is 121 cm³/mol. The van der Waals surface area contributed by atoms with E-state index in [0.717, 1.165) is 18.4 Å². The Balaban J connectivity index is 1.54. The number of aryl methyl sites for hydroxylation is 1. The maximum atomic E-state index is 13.6. The van der Waals surface area contributed by atoms with Crippen molar-refractivity contribution in [3.8, 4) is 0 Å². The number of benzene rings is 1. The molecule has 1 N–H and O–H groups in total. The van der Waals surface area contributed by atoms with Crippen molar-refractivity contribution in [3.63, 3.8) is 0 Å². The summed E-state index contributed by atoms with van der Waals surface area (Å²) in [4.78, 5) is 42.9. The zero-order valence-corrected chi connectivity index (χ0v) is 19.6. The molecular formula is C25H35N3O4. The Hall–Kier alpha value is -2.41. The number of carbonyl (C=O) groups excluding carboxylic acids is 3. The molecule has 7 nitrogen and oxygen atoms in total. The predicted octanol–water partition coefficient (Wildman–Crippen LogP) is 2.87. The largest absolute Gasteiger partial charge is 0.353 e. The van der Waals surface area contributed by atoms with Crippen LogP contribution in [0.25, 0.3) is 0 Å². The molecule has 0 bridgehead atoms. The average molecular weight is 442 g/mol. The number of hydrogen-bond acceptors (Lipinski definition) is 4. The smallest absolute Gasteiger partial charge is 0.256 e. The Morgan fingerprint density at radius 1 is 1.09 bits per heavy atom. The van der Waals surface area contributed by atoms with Crippen LogP contribution in [0.15, 0.2) is 24.3 Å². The van der Waals surface area contributed by atoms with Gasteiger partial charge >= 0.3 is 0 Å². The van der Waals surface area contributed by atoms with Crippen LogP contribution in [0.3, 0.4) is 0 Å². The molecule has 0 aromatic heterocycles. The highest BCUT2D eigenvalue weighted by atomic mass is 16.5. The van der Waals surface area contributed by atoms with Gasteiger partial charge < -0.3 is 15.0 Å². The Morgan fingerprint density at radius 3 is 2.28 bits per heavy atom. The van der Waals surface area contributed by atoms with E-state index in [4.69, 9.17) is 4.74 Å². The Morgan fingerprint density at radius 2 is 1.72 bits per heavy atom. The van der Waals surface area contributed by atoms with E-state index in [-0.39, 0.29) is 35.8 Å². The van der Waals surface area contributed by atoms with Crippen LogP contribution >= 0.6 is 0 Å². The summed E-state index contributed by atoms with van der Waals surface area (Å²) in [5.74, 6) is -0.200. The lowest BCUT2D eigenvalue weighted by Gasteiger charge is -2.45. The summed E-state index contributed by atoms with van der Waals surface area (Å²) in [5.41, 5.74) is 0.695. The zero-order valence-electron chi connectivity index (χ0n) is 19.6. The highest BCUT2D eigenvalue weighted by Gasteiger charge is 2.54. The van der Waals surface area contributed by atoms with Crippen LogP contribution in [0, 0.1) is 12.3 Å². The van der Waals surface area contributed by atoms with Gasteiger partial charge in [0.15, 0.2) is 0 Å². The molecule has 2 heterocycles. The molecule has 1 unspecified atom stereocenters. The fourth-order valence-corrected chi connectivity index (χ4v) is 4.60. The molecule has 1 aromatic rings. The van der Waals surface area contributed by atoms with E-state index >= 15 is 0 Å². The molecule has 174 valence electrons. The highest BCUT2D eigenvalue weighted by Crippen LogP contribution is 2.39. The standard InChI is InChI=1S/C25H35N3O4/c1-17-5-7-18(8-6-17)23(31)28-20(22(30)26-19-9-10-19)16-32-25(28)11-13-27(14-12-25)21(29)15-24(2,3)4/h5-8,19-20H,9-16H2,1-4H3,(H,26,30). The molecule has 1 saturated carbocycles. The van der Waals surface area contributed by atoms with Crippen molar-refractivity contribution in [2.45, 2.75) is 77.6 Å². The van der Waals surface area contributed by atoms with E-state index in [9.17, 15) is 14.4 Å². The Labute approximate surface area is 190 Å². The second-order valence-electron chi connectivity index (χ2n) is 10.7. The number of hydrogen-bond donors (Lipinski definition) is 1. The molecule has 3 amide bonds. The molecule has 1 aliphatic carbocycles. The van der Waals surface area contributed by atoms with E-state index < -0.39 is 11.8 Å². The van der Waals surface area contributed by atoms with E-state index in [2.05, 4.69) is 26.1 Å². The zero-order chi connectivity index (χ0) is 23.1. The third-order valence-electron chi connectivity index (χ3n) is 6.58. The topological polar surface area (TPSA) is 79.0 Å². The lowest BCUT2D eigenvalue weighted by Crippen LogP contribution is -2.60. The van der Waals surface area contributed by atoms with Gasteiger partial charge in [0.1, 0.15) is 11.8 Å². The van der Waals surface area contributed by atoms with Crippen LogP contribution < -0.4 is 5.32 Å². The molecule has 1 spiro atoms. The summed E-state index contributed by atoms with van der Waals surface area (Å²) >= 11 is 0. The van der Waals surface area contributed by atoms with Gasteiger partial charge in [-0.15, -0.1) is 0 Å². The lowest BCUT2D eigenvalue weighted by atomic mass is 9.90. The first-order valence-corrected chi connectivity index (χ1v) is 11.7. The number of carbonyl (C=O) groups is 3. The fourth-order valence-electron chi connectivity index (χ4n) is 4.60. The summed E-state index contributed by atoms with van der Waals surface area (Å²) in [6.07, 6.45) is 3.48. The van der Waals surface area contributed by atoms with Gasteiger partial charge in [0.25, 0.3) is 5.91 Å². The third-order valence-corrected chi connectivity index (χ3v) is 6.58. The van der Waals surface area contributed by atoms with Crippen LogP contribution in [-0.4, -0.2) is 65.0 Å². The maximum absolute atomic E-state index is 13.6. The minimum atomic E-state index is -0.855. The second kappa shape index (κ2) is 8.50. The van der Waals surface area contributed by atoms with Gasteiger partial charge in [0.05, 0.1) is 6.61 Å². The van der Waals surface area contributed by atoms with E-state index in [1.54, 1.807) is 4.90 Å². The third kappa shape index (κ3) is 4.82. The van der Waals surface area contributed by atoms with Crippen molar-refractivity contribution < 1.29 is 19.1 Å². The van der Waals surface area contributed by atoms with Gasteiger partial charge in [-0.1, -0.05) is 38.5 Å². The summed E-state index contributed by atoms with van der Waals surface area (Å²) in [6, 6.07) is 6.99. The molecule has 1 aromatic carbocycles. The summed E-state index contributed by atoms with van der Waals surface area (Å²) < 4.78 is 6.23. The van der Waals surface area contributed by atoms with E-state index in [1.165, 1.54) is 0 Å². The molecule has 2 aliphatic heterocycles. The first kappa shape index (κ1) is 22.8. The summed E-state index contributed by atoms with van der Waals surface area (Å²) in [6.45, 7) is 9.37. The van der Waals surface area contributed by atoms with Gasteiger partial charge in [-0.25, -0.2) is 0 Å². The SMILES string of the molecule is Cc1ccc(C(=O)N2C(C(=O)NC3CC3)COC23CCN(C(=O)CC(C)(C)C)CC3)cc1. The molecule has 0 radical (unpaired) electrons. The van der Waals surface area contributed by atoms with Gasteiger partial charge in [-0.05, 0) is 37.3 Å². The van der Waals surface area contributed by atoms with Crippen LogP contribution in [0.1, 0.15) is 68.8 Å². The fraction of sp³-hybridized carbons (Fsp3) is 0.640. The van der Waals surface area contributed by atoms with E-state index in [1.807, 2.05) is 36.1 Å². The van der Waals surface area contributed by atoms with E-state index in [0.29, 0.717) is 37.9 Å². The van der Waals surface area contributed by atoms with Crippen molar-refractivity contribution in [2.75, 3.05) is 19.7 Å². The molecule has 3 aliphatic rings. The number of ether oxygens (including phenoxy) is 1. The number of rotatable bonds is 4. The summed E-state index contributed by atoms with van der Waals surface area (Å²) in [7, 11) is 0. The van der Waals surface area contributed by atoms with Gasteiger partial charge in [0.2, 0.25) is 11.8 Å². The minimum Gasteiger partial charge on any atom is -0.353 e. The minimum absolute atomic E-state index is 0.0739. The molecule has 2 saturated heterocycles. The Bertz CT molecular complexity index is 877. The number of nitrogens with zero attached hydrogens (tertiary/aromatic N) is 2. The van der Waals surface area contributed by atoms with Crippen molar-refractivity contribution in [3.05, 3.63) is 35.4 Å². The van der Waals surface area contributed by atoms with Crippen LogP contribution in [-0.2, 0) is 14.3 Å². The second-order valence-corrected chi connectivity index (χ2v) is 10.7. The van der Waals surface area contributed by atoms with Crippen LogP contribution in [0.4, 0.5) is 0 Å². The molecule has 3 fully saturated rings. The van der Waals surface area contributed by atoms with Gasteiger partial charge in [0, 0.05) is 44.0 Å². The highest BCUT2D eigenvalue weighted by molar-refractivity contribution is 5.98. The first-order valence-electron chi connectivity index (χ1n) is 11.7. The Kier molecular flexibility index (Phi) is 6.05. The van der Waals surface area contributed by atoms with Crippen molar-refractivity contribution in [2.24, 2.45) is 5.41 Å². The van der Waals surface area contributed by atoms with Crippen molar-refractivity contribution >= 4 is 17.7 Å². The first-order chi connectivity index (χ1) is 15.1. The molecule has 32 heavy (non-hydrogen) atoms. The quantitative estimate of drug-likeness (QED) is 0.779. The molecule has 1 atom stereocenters. The molecule has 7 heteroatoms. The molecule has 4 rings (SSSR count). The monoisotopic (exact) mass is 441 g/mol. The normalized spacial score (nSPS) is 22.8. The van der Waals surface area contributed by atoms with Crippen LogP contribution in [0.2, 0.25) is 0 Å². The van der Waals surface area contributed by atoms with Gasteiger partial charge in [-0.2, -0.15) is 0 Å². The number of likely N-dealkylation sites (tertiary alicyclic amines) is 1. The van der Waals surface area contributed by atoms with Crippen molar-refractivity contribution in [1.82, 2.24) is 15.1 Å². The maximum Gasteiger partial charge on any atom is 0.256 e. The summed E-state index contributed by atoms with van der Waals surface area (Å²) in [5, 5.41) is 3.04. The number of piperidine rings is 1. The van der Waals surface area contributed by atoms with Crippen molar-refractivity contribution in [1.29, 1.82) is 0 Å². The molecular weight excluding hydrogens is 406 g/mol. The average Bonchev–Trinajstić information content (AvgIpc) is 3.47. The lowest BCUT2D eigenvalue weighted by molar-refractivity contribution is -0.145. The number of amides is 3. The van der Waals surface area contributed by atoms with Gasteiger partial charge in [-0.3, -0.25) is 19.3 Å².